The first-order valence-electron chi connectivity index (χ1n) is 10.7. The van der Waals surface area contributed by atoms with E-state index in [-0.39, 0.29) is 5.82 Å². The van der Waals surface area contributed by atoms with Gasteiger partial charge in [0.05, 0.1) is 18.2 Å². The average Bonchev–Trinajstić information content (AvgIpc) is 3.46. The maximum atomic E-state index is 10.6. The fourth-order valence-electron chi connectivity index (χ4n) is 4.35. The smallest absolute Gasteiger partial charge is 0.167 e. The third-order valence-electron chi connectivity index (χ3n) is 6.17. The van der Waals surface area contributed by atoms with Crippen molar-refractivity contribution in [3.05, 3.63) is 60.2 Å². The van der Waals surface area contributed by atoms with Gasteiger partial charge in [-0.15, -0.1) is 0 Å². The predicted molar refractivity (Wildman–Crippen MR) is 120 cm³/mol. The normalized spacial score (nSPS) is 22.9. The molecule has 0 bridgehead atoms. The number of hydrogen-bond acceptors (Lipinski definition) is 9. The molecule has 172 valence electrons. The van der Waals surface area contributed by atoms with Gasteiger partial charge in [0.2, 0.25) is 0 Å². The molecular formula is C22H26N8O3. The Morgan fingerprint density at radius 3 is 2.82 bits per heavy atom. The first-order chi connectivity index (χ1) is 16.0. The second kappa shape index (κ2) is 8.52. The number of fused-ring (bicyclic) bond motifs is 1. The minimum Gasteiger partial charge on any atom is -0.387 e. The number of nitrogens with one attached hydrogen (secondary N) is 1. The number of rotatable bonds is 6. The lowest BCUT2D eigenvalue weighted by Crippen LogP contribution is -2.37. The number of nitrogens with zero attached hydrogens (tertiary/aromatic N) is 6. The van der Waals surface area contributed by atoms with Gasteiger partial charge in [-0.1, -0.05) is 0 Å². The molecule has 11 nitrogen and oxygen atoms in total. The van der Waals surface area contributed by atoms with Crippen LogP contribution in [0.2, 0.25) is 0 Å². The first-order valence-corrected chi connectivity index (χ1v) is 10.7. The van der Waals surface area contributed by atoms with E-state index in [1.165, 1.54) is 12.7 Å². The van der Waals surface area contributed by atoms with E-state index in [9.17, 15) is 10.2 Å². The molecule has 0 unspecified atom stereocenters. The highest BCUT2D eigenvalue weighted by molar-refractivity contribution is 5.81. The molecule has 4 aromatic rings. The maximum absolute atomic E-state index is 10.6. The number of imidazole rings is 1. The fraction of sp³-hybridized carbons (Fsp3) is 0.364. The number of aliphatic hydroxyl groups is 2. The molecule has 11 heteroatoms. The van der Waals surface area contributed by atoms with Crippen LogP contribution in [-0.2, 0) is 11.3 Å². The molecule has 1 fully saturated rings. The quantitative estimate of drug-likeness (QED) is 0.332. The van der Waals surface area contributed by atoms with E-state index in [1.54, 1.807) is 10.8 Å². The molecule has 5 N–H and O–H groups in total. The molecule has 33 heavy (non-hydrogen) atoms. The van der Waals surface area contributed by atoms with Crippen LogP contribution in [0.5, 0.6) is 0 Å². The number of nitrogen functional groups attached to an aromatic ring is 1. The van der Waals surface area contributed by atoms with Gasteiger partial charge >= 0.3 is 0 Å². The largest absolute Gasteiger partial charge is 0.387 e. The molecule has 1 aliphatic rings. The fourth-order valence-corrected chi connectivity index (χ4v) is 4.35. The third-order valence-corrected chi connectivity index (χ3v) is 6.17. The third kappa shape index (κ3) is 3.74. The number of aliphatic hydroxyl groups excluding tert-OH is 2. The number of anilines is 1. The van der Waals surface area contributed by atoms with Crippen molar-refractivity contribution >= 4 is 17.0 Å². The van der Waals surface area contributed by atoms with Gasteiger partial charge in [-0.05, 0) is 37.1 Å². The van der Waals surface area contributed by atoms with Crippen molar-refractivity contribution < 1.29 is 14.9 Å². The van der Waals surface area contributed by atoms with Gasteiger partial charge in [0.15, 0.2) is 17.7 Å². The second-order valence-corrected chi connectivity index (χ2v) is 8.22. The molecular weight excluding hydrogens is 424 g/mol. The Balaban J connectivity index is 1.27. The molecule has 4 aromatic heterocycles. The van der Waals surface area contributed by atoms with E-state index in [0.717, 1.165) is 22.5 Å². The van der Waals surface area contributed by atoms with Gasteiger partial charge in [0.1, 0.15) is 30.2 Å². The summed E-state index contributed by atoms with van der Waals surface area (Å²) in [6.45, 7) is 5.08. The summed E-state index contributed by atoms with van der Waals surface area (Å²) >= 11 is 0. The van der Waals surface area contributed by atoms with Crippen LogP contribution in [0.1, 0.15) is 23.0 Å². The maximum Gasteiger partial charge on any atom is 0.167 e. The summed E-state index contributed by atoms with van der Waals surface area (Å²) in [5, 5.41) is 24.6. The van der Waals surface area contributed by atoms with Crippen molar-refractivity contribution in [1.29, 1.82) is 0 Å². The molecule has 0 saturated carbocycles. The number of ether oxygens (including phenoxy) is 1. The zero-order chi connectivity index (χ0) is 23.1. The van der Waals surface area contributed by atoms with Gasteiger partial charge in [-0.2, -0.15) is 0 Å². The molecule has 0 aliphatic carbocycles. The molecule has 4 atom stereocenters. The van der Waals surface area contributed by atoms with Crippen molar-refractivity contribution in [3.63, 3.8) is 0 Å². The molecule has 1 aliphatic heterocycles. The Labute approximate surface area is 189 Å². The highest BCUT2D eigenvalue weighted by atomic mass is 16.6. The molecule has 0 aromatic carbocycles. The van der Waals surface area contributed by atoms with Gasteiger partial charge < -0.3 is 30.6 Å². The SMILES string of the molecule is Cc1cn(-c2cccnc2)c(C)c1CNC[C@H]1O[C@@H](n2cnc3c(N)ncnc32)[C@H](O)[C@@H]1O. The van der Waals surface area contributed by atoms with Crippen molar-refractivity contribution in [3.8, 4) is 5.69 Å². The van der Waals surface area contributed by atoms with Gasteiger partial charge in [0.25, 0.3) is 0 Å². The lowest BCUT2D eigenvalue weighted by molar-refractivity contribution is -0.0342. The Hall–Kier alpha value is -3.38. The molecule has 0 radical (unpaired) electrons. The topological polar surface area (TPSA) is 149 Å². The van der Waals surface area contributed by atoms with Gasteiger partial charge in [-0.3, -0.25) is 9.55 Å². The van der Waals surface area contributed by atoms with Crippen LogP contribution in [0.15, 0.2) is 43.4 Å². The Kier molecular flexibility index (Phi) is 5.54. The summed E-state index contributed by atoms with van der Waals surface area (Å²) in [5.74, 6) is 0.244. The zero-order valence-electron chi connectivity index (χ0n) is 18.3. The molecule has 1 saturated heterocycles. The minimum atomic E-state index is -1.14. The Morgan fingerprint density at radius 2 is 2.03 bits per heavy atom. The van der Waals surface area contributed by atoms with Crippen LogP contribution >= 0.6 is 0 Å². The highest BCUT2D eigenvalue weighted by Crippen LogP contribution is 2.32. The summed E-state index contributed by atoms with van der Waals surface area (Å²) in [6.07, 6.45) is 4.83. The van der Waals surface area contributed by atoms with Crippen LogP contribution in [0.4, 0.5) is 5.82 Å². The van der Waals surface area contributed by atoms with Crippen LogP contribution in [-0.4, -0.2) is 64.1 Å². The van der Waals surface area contributed by atoms with Crippen LogP contribution in [0.3, 0.4) is 0 Å². The van der Waals surface area contributed by atoms with E-state index in [4.69, 9.17) is 10.5 Å². The summed E-state index contributed by atoms with van der Waals surface area (Å²) in [4.78, 5) is 16.5. The predicted octanol–water partition coefficient (Wildman–Crippen LogP) is 0.620. The number of hydrogen-bond donors (Lipinski definition) is 4. The first kappa shape index (κ1) is 21.5. The number of pyridine rings is 1. The molecule has 0 amide bonds. The summed E-state index contributed by atoms with van der Waals surface area (Å²) < 4.78 is 9.68. The number of aryl methyl sites for hydroxylation is 1. The Morgan fingerprint density at radius 1 is 1.18 bits per heavy atom. The van der Waals surface area contributed by atoms with Crippen molar-refractivity contribution in [1.82, 2.24) is 34.4 Å². The van der Waals surface area contributed by atoms with E-state index >= 15 is 0 Å². The van der Waals surface area contributed by atoms with Crippen molar-refractivity contribution in [2.75, 3.05) is 12.3 Å². The average molecular weight is 451 g/mol. The van der Waals surface area contributed by atoms with E-state index in [1.807, 2.05) is 18.3 Å². The lowest BCUT2D eigenvalue weighted by atomic mass is 10.1. The number of nitrogens with two attached hydrogens (primary N) is 1. The summed E-state index contributed by atoms with van der Waals surface area (Å²) in [7, 11) is 0. The second-order valence-electron chi connectivity index (χ2n) is 8.22. The van der Waals surface area contributed by atoms with E-state index in [2.05, 4.69) is 49.9 Å². The Bertz CT molecular complexity index is 1270. The molecule has 0 spiro atoms. The minimum absolute atomic E-state index is 0.244. The highest BCUT2D eigenvalue weighted by Gasteiger charge is 2.44. The van der Waals surface area contributed by atoms with E-state index in [0.29, 0.717) is 24.3 Å². The van der Waals surface area contributed by atoms with E-state index < -0.39 is 24.5 Å². The summed E-state index contributed by atoms with van der Waals surface area (Å²) in [6, 6.07) is 3.92. The zero-order valence-corrected chi connectivity index (χ0v) is 18.3. The monoisotopic (exact) mass is 450 g/mol. The van der Waals surface area contributed by atoms with Crippen LogP contribution < -0.4 is 11.1 Å². The number of aromatic nitrogens is 6. The molecule has 5 heterocycles. The van der Waals surface area contributed by atoms with Crippen molar-refractivity contribution in [2.24, 2.45) is 0 Å². The van der Waals surface area contributed by atoms with Gasteiger partial charge in [0, 0.05) is 31.2 Å². The molecule has 5 rings (SSSR count). The summed E-state index contributed by atoms with van der Waals surface area (Å²) in [5.41, 5.74) is 11.1. The lowest BCUT2D eigenvalue weighted by Gasteiger charge is -2.16. The van der Waals surface area contributed by atoms with Gasteiger partial charge in [-0.25, -0.2) is 15.0 Å². The van der Waals surface area contributed by atoms with Crippen LogP contribution in [0, 0.1) is 13.8 Å². The van der Waals surface area contributed by atoms with Crippen molar-refractivity contribution in [2.45, 2.75) is 44.9 Å². The standard InChI is InChI=1S/C22H26N8O3/c1-12-9-29(14-4-3-5-24-6-14)13(2)15(12)7-25-8-16-18(31)19(32)22(33-16)30-11-28-17-20(23)26-10-27-21(17)30/h3-6,9-11,16,18-19,22,25,31-32H,7-8H2,1-2H3,(H2,23,26,27)/t16-,18-,19-,22-/m1/s1. The van der Waals surface area contributed by atoms with Crippen LogP contribution in [0.25, 0.3) is 16.9 Å².